The highest BCUT2D eigenvalue weighted by molar-refractivity contribution is 7.89. The van der Waals surface area contributed by atoms with Gasteiger partial charge in [0.25, 0.3) is 11.8 Å². The Hall–Kier alpha value is -2.85. The van der Waals surface area contributed by atoms with Gasteiger partial charge in [-0.3, -0.25) is 9.59 Å². The first-order valence-corrected chi connectivity index (χ1v) is 12.3. The number of furan rings is 1. The highest BCUT2D eigenvalue weighted by Gasteiger charge is 2.29. The maximum absolute atomic E-state index is 12.6. The number of benzene rings is 1. The Morgan fingerprint density at radius 1 is 1.09 bits per heavy atom. The molecule has 1 saturated heterocycles. The number of sulfonamides is 1. The summed E-state index contributed by atoms with van der Waals surface area (Å²) in [4.78, 5) is 26.2. The summed E-state index contributed by atoms with van der Waals surface area (Å²) in [6.07, 6.45) is 3.44. The van der Waals surface area contributed by atoms with Crippen LogP contribution in [0.2, 0.25) is 0 Å². The molecule has 0 radical (unpaired) electrons. The number of hydrogen-bond donors (Lipinski definition) is 1. The zero-order chi connectivity index (χ0) is 23.0. The smallest absolute Gasteiger partial charge is 0.289 e. The molecule has 0 atom stereocenters. The Bertz CT molecular complexity index is 981. The molecule has 0 bridgehead atoms. The molecule has 32 heavy (non-hydrogen) atoms. The summed E-state index contributed by atoms with van der Waals surface area (Å²) in [6.45, 7) is 3.72. The summed E-state index contributed by atoms with van der Waals surface area (Å²) in [5, 5.41) is 2.65. The molecule has 2 heterocycles. The van der Waals surface area contributed by atoms with Crippen LogP contribution in [-0.4, -0.2) is 74.5 Å². The second-order valence-electron chi connectivity index (χ2n) is 7.47. The van der Waals surface area contributed by atoms with Crippen LogP contribution in [-0.2, 0) is 10.0 Å². The van der Waals surface area contributed by atoms with E-state index in [1.54, 1.807) is 41.3 Å². The van der Waals surface area contributed by atoms with Crippen LogP contribution in [0.1, 0.15) is 40.7 Å². The molecule has 1 fully saturated rings. The van der Waals surface area contributed by atoms with Crippen molar-refractivity contribution in [3.05, 3.63) is 54.0 Å². The van der Waals surface area contributed by atoms with Crippen molar-refractivity contribution in [2.45, 2.75) is 19.8 Å². The summed E-state index contributed by atoms with van der Waals surface area (Å²) < 4.78 is 37.3. The molecule has 9 nitrogen and oxygen atoms in total. The Labute approximate surface area is 188 Å². The minimum atomic E-state index is -3.55. The lowest BCUT2D eigenvalue weighted by Crippen LogP contribution is -2.51. The van der Waals surface area contributed by atoms with Gasteiger partial charge >= 0.3 is 0 Å². The molecule has 0 unspecified atom stereocenters. The molecule has 0 saturated carbocycles. The fourth-order valence-corrected chi connectivity index (χ4v) is 4.62. The van der Waals surface area contributed by atoms with Crippen LogP contribution in [0.15, 0.2) is 47.1 Å². The molecular formula is C22H29N3O6S. The van der Waals surface area contributed by atoms with Crippen LogP contribution in [0, 0.1) is 0 Å². The number of nitrogens with one attached hydrogen (secondary N) is 1. The highest BCUT2D eigenvalue weighted by Crippen LogP contribution is 2.14. The Kier molecular flexibility index (Phi) is 8.29. The van der Waals surface area contributed by atoms with Gasteiger partial charge in [0.05, 0.1) is 18.6 Å². The van der Waals surface area contributed by atoms with Gasteiger partial charge in [-0.05, 0) is 42.8 Å². The van der Waals surface area contributed by atoms with Crippen molar-refractivity contribution in [1.82, 2.24) is 14.5 Å². The van der Waals surface area contributed by atoms with Crippen molar-refractivity contribution in [2.24, 2.45) is 0 Å². The van der Waals surface area contributed by atoms with E-state index in [0.717, 1.165) is 12.8 Å². The van der Waals surface area contributed by atoms with Gasteiger partial charge in [-0.25, -0.2) is 8.42 Å². The molecule has 2 aromatic rings. The van der Waals surface area contributed by atoms with E-state index < -0.39 is 10.0 Å². The third-order valence-electron chi connectivity index (χ3n) is 5.18. The molecule has 10 heteroatoms. The largest absolute Gasteiger partial charge is 0.494 e. The number of nitrogens with zero attached hydrogens (tertiary/aromatic N) is 2. The maximum Gasteiger partial charge on any atom is 0.289 e. The van der Waals surface area contributed by atoms with Crippen LogP contribution < -0.4 is 10.1 Å². The number of unbranched alkanes of at least 4 members (excludes halogenated alkanes) is 1. The van der Waals surface area contributed by atoms with Crippen LogP contribution in [0.4, 0.5) is 0 Å². The van der Waals surface area contributed by atoms with E-state index in [-0.39, 0.29) is 56.1 Å². The number of carbonyl (C=O) groups excluding carboxylic acids is 2. The third kappa shape index (κ3) is 6.33. The quantitative estimate of drug-likeness (QED) is 0.540. The molecule has 1 N–H and O–H groups in total. The molecule has 1 aliphatic heterocycles. The fraction of sp³-hybridized carbons (Fsp3) is 0.455. The van der Waals surface area contributed by atoms with Crippen molar-refractivity contribution >= 4 is 21.8 Å². The van der Waals surface area contributed by atoms with E-state index in [2.05, 4.69) is 12.2 Å². The van der Waals surface area contributed by atoms with Gasteiger partial charge in [-0.1, -0.05) is 13.3 Å². The van der Waals surface area contributed by atoms with E-state index in [0.29, 0.717) is 17.9 Å². The topological polar surface area (TPSA) is 109 Å². The van der Waals surface area contributed by atoms with E-state index >= 15 is 0 Å². The molecular weight excluding hydrogens is 434 g/mol. The summed E-state index contributed by atoms with van der Waals surface area (Å²) in [5.41, 5.74) is 0.440. The molecule has 174 valence electrons. The van der Waals surface area contributed by atoms with Crippen molar-refractivity contribution in [3.63, 3.8) is 0 Å². The van der Waals surface area contributed by atoms with Gasteiger partial charge in [0, 0.05) is 38.3 Å². The standard InChI is InChI=1S/C22H29N3O6S/c1-2-3-15-30-19-8-6-18(7-9-19)21(26)23-10-17-32(28,29)25-13-11-24(12-14-25)22(27)20-5-4-16-31-20/h4-9,16H,2-3,10-15,17H2,1H3,(H,23,26). The number of piperazine rings is 1. The Morgan fingerprint density at radius 3 is 2.44 bits per heavy atom. The molecule has 1 aliphatic rings. The van der Waals surface area contributed by atoms with Crippen molar-refractivity contribution in [2.75, 3.05) is 45.1 Å². The first-order valence-electron chi connectivity index (χ1n) is 10.7. The van der Waals surface area contributed by atoms with Gasteiger partial charge in [0.2, 0.25) is 10.0 Å². The van der Waals surface area contributed by atoms with Crippen LogP contribution >= 0.6 is 0 Å². The molecule has 1 aromatic carbocycles. The Balaban J connectivity index is 1.42. The van der Waals surface area contributed by atoms with Crippen LogP contribution in [0.3, 0.4) is 0 Å². The molecule has 1 aromatic heterocycles. The van der Waals surface area contributed by atoms with Crippen molar-refractivity contribution in [3.8, 4) is 5.75 Å². The zero-order valence-corrected chi connectivity index (χ0v) is 19.0. The summed E-state index contributed by atoms with van der Waals surface area (Å²) in [7, 11) is -3.55. The molecule has 3 rings (SSSR count). The summed E-state index contributed by atoms with van der Waals surface area (Å²) in [6, 6.07) is 9.98. The average Bonchev–Trinajstić information content (AvgIpc) is 3.34. The maximum atomic E-state index is 12.6. The van der Waals surface area contributed by atoms with E-state index in [1.807, 2.05) is 0 Å². The lowest BCUT2D eigenvalue weighted by molar-refractivity contribution is 0.0665. The number of amides is 2. The van der Waals surface area contributed by atoms with Crippen molar-refractivity contribution < 1.29 is 27.2 Å². The fourth-order valence-electron chi connectivity index (χ4n) is 3.29. The van der Waals surface area contributed by atoms with Crippen molar-refractivity contribution in [1.29, 1.82) is 0 Å². The van der Waals surface area contributed by atoms with Crippen LogP contribution in [0.5, 0.6) is 5.75 Å². The van der Waals surface area contributed by atoms with Gasteiger partial charge in [0.1, 0.15) is 5.75 Å². The van der Waals surface area contributed by atoms with Crippen LogP contribution in [0.25, 0.3) is 0 Å². The average molecular weight is 464 g/mol. The number of carbonyl (C=O) groups is 2. The monoisotopic (exact) mass is 463 g/mol. The third-order valence-corrected chi connectivity index (χ3v) is 7.05. The lowest BCUT2D eigenvalue weighted by Gasteiger charge is -2.33. The van der Waals surface area contributed by atoms with Gasteiger partial charge in [0.15, 0.2) is 5.76 Å². The van der Waals surface area contributed by atoms with Gasteiger partial charge < -0.3 is 19.4 Å². The minimum absolute atomic E-state index is 0.00145. The Morgan fingerprint density at radius 2 is 1.81 bits per heavy atom. The first-order chi connectivity index (χ1) is 15.4. The summed E-state index contributed by atoms with van der Waals surface area (Å²) >= 11 is 0. The van der Waals surface area contributed by atoms with E-state index in [4.69, 9.17) is 9.15 Å². The predicted octanol–water partition coefficient (Wildman–Crippen LogP) is 1.98. The first kappa shape index (κ1) is 23.8. The molecule has 0 spiro atoms. The number of ether oxygens (including phenoxy) is 1. The predicted molar refractivity (Wildman–Crippen MR) is 119 cm³/mol. The van der Waals surface area contributed by atoms with Gasteiger partial charge in [-0.15, -0.1) is 0 Å². The molecule has 0 aliphatic carbocycles. The summed E-state index contributed by atoms with van der Waals surface area (Å²) in [5.74, 6) is 0.144. The molecule has 2 amide bonds. The minimum Gasteiger partial charge on any atom is -0.494 e. The number of rotatable bonds is 10. The second kappa shape index (κ2) is 11.1. The van der Waals surface area contributed by atoms with E-state index in [9.17, 15) is 18.0 Å². The second-order valence-corrected chi connectivity index (χ2v) is 9.56. The highest BCUT2D eigenvalue weighted by atomic mass is 32.2. The normalized spacial score (nSPS) is 14.8. The number of hydrogen-bond acceptors (Lipinski definition) is 6. The lowest BCUT2D eigenvalue weighted by atomic mass is 10.2. The SMILES string of the molecule is CCCCOc1ccc(C(=O)NCCS(=O)(=O)N2CCN(C(=O)c3ccco3)CC2)cc1. The van der Waals surface area contributed by atoms with E-state index in [1.165, 1.54) is 10.6 Å². The van der Waals surface area contributed by atoms with Gasteiger partial charge in [-0.2, -0.15) is 4.31 Å². The zero-order valence-electron chi connectivity index (χ0n) is 18.2.